The first kappa shape index (κ1) is 24.0. The molecule has 0 bridgehead atoms. The summed E-state index contributed by atoms with van der Waals surface area (Å²) in [5, 5.41) is 28.3. The molecule has 2 saturated heterocycles. The Labute approximate surface area is 209 Å². The van der Waals surface area contributed by atoms with Gasteiger partial charge in [-0.1, -0.05) is 0 Å². The molecule has 4 heterocycles. The number of benzene rings is 1. The number of piperidine rings is 1. The third-order valence-electron chi connectivity index (χ3n) is 7.07. The summed E-state index contributed by atoms with van der Waals surface area (Å²) in [6, 6.07) is 10.4. The lowest BCUT2D eigenvalue weighted by Gasteiger charge is -2.35. The van der Waals surface area contributed by atoms with E-state index < -0.39 is 0 Å². The highest BCUT2D eigenvalue weighted by Crippen LogP contribution is 2.28. The number of nitrogens with zero attached hydrogens (tertiary/aromatic N) is 7. The third kappa shape index (κ3) is 5.24. The van der Waals surface area contributed by atoms with Crippen molar-refractivity contribution in [1.82, 2.24) is 25.1 Å². The topological polar surface area (TPSA) is 137 Å². The number of hydrogen-bond acceptors (Lipinski definition) is 10. The summed E-state index contributed by atoms with van der Waals surface area (Å²) >= 11 is 0. The van der Waals surface area contributed by atoms with E-state index in [-0.39, 0.29) is 12.2 Å². The van der Waals surface area contributed by atoms with Crippen LogP contribution in [0.25, 0.3) is 10.9 Å². The lowest BCUT2D eigenvalue weighted by molar-refractivity contribution is 0.189. The van der Waals surface area contributed by atoms with Crippen LogP contribution >= 0.6 is 0 Å². The van der Waals surface area contributed by atoms with E-state index in [9.17, 15) is 4.79 Å². The summed E-state index contributed by atoms with van der Waals surface area (Å²) in [4.78, 5) is 28.7. The minimum absolute atomic E-state index is 0.193. The average molecular weight is 490 g/mol. The van der Waals surface area contributed by atoms with E-state index in [1.165, 1.54) is 0 Å². The molecule has 36 heavy (non-hydrogen) atoms. The van der Waals surface area contributed by atoms with Crippen LogP contribution in [0.2, 0.25) is 0 Å². The highest BCUT2D eigenvalue weighted by Gasteiger charge is 2.23. The smallest absolute Gasteiger partial charge is 0.277 e. The van der Waals surface area contributed by atoms with Crippen molar-refractivity contribution in [2.75, 3.05) is 67.5 Å². The third-order valence-corrected chi connectivity index (χ3v) is 7.07. The van der Waals surface area contributed by atoms with E-state index in [1.54, 1.807) is 6.20 Å². The number of nitrogens with one attached hydrogen (secondary N) is 2. The summed E-state index contributed by atoms with van der Waals surface area (Å²) in [5.74, 6) is 1.42. The Hall–Kier alpha value is -3.75. The predicted octanol–water partition coefficient (Wildman–Crippen LogP) is 1.70. The van der Waals surface area contributed by atoms with Crippen LogP contribution in [0.1, 0.15) is 19.3 Å². The predicted molar refractivity (Wildman–Crippen MR) is 139 cm³/mol. The van der Waals surface area contributed by atoms with Gasteiger partial charge < -0.3 is 20.2 Å². The number of β-amino-alcohol motifs (C(OH)–C–C–N with tert-alkyl or cyclic N) is 1. The van der Waals surface area contributed by atoms with Crippen LogP contribution in [-0.4, -0.2) is 82.6 Å². The maximum Gasteiger partial charge on any atom is 0.277 e. The number of H-pyrrole nitrogens is 1. The molecule has 0 aliphatic carbocycles. The molecule has 2 fully saturated rings. The summed E-state index contributed by atoms with van der Waals surface area (Å²) in [6.45, 7) is 6.15. The van der Waals surface area contributed by atoms with Crippen LogP contribution in [-0.2, 0) is 0 Å². The van der Waals surface area contributed by atoms with Gasteiger partial charge in [-0.2, -0.15) is 15.3 Å². The molecule has 11 nitrogen and oxygen atoms in total. The second-order valence-electron chi connectivity index (χ2n) is 9.35. The monoisotopic (exact) mass is 489 g/mol. The van der Waals surface area contributed by atoms with Gasteiger partial charge in [0.15, 0.2) is 0 Å². The first-order valence-electron chi connectivity index (χ1n) is 12.5. The molecule has 0 radical (unpaired) electrons. The molecular formula is C25H31N9O2. The zero-order valence-electron chi connectivity index (χ0n) is 20.2. The van der Waals surface area contributed by atoms with Gasteiger partial charge in [-0.05, 0) is 43.0 Å². The molecule has 2 aliphatic rings. The van der Waals surface area contributed by atoms with E-state index >= 15 is 0 Å². The van der Waals surface area contributed by atoms with Gasteiger partial charge in [0.2, 0.25) is 5.95 Å². The highest BCUT2D eigenvalue weighted by atomic mass is 16.3. The second-order valence-corrected chi connectivity index (χ2v) is 9.35. The van der Waals surface area contributed by atoms with E-state index in [1.807, 2.05) is 12.1 Å². The fourth-order valence-corrected chi connectivity index (χ4v) is 4.95. The van der Waals surface area contributed by atoms with Gasteiger partial charge in [-0.15, -0.1) is 0 Å². The number of anilines is 4. The minimum atomic E-state index is -0.341. The fourth-order valence-electron chi connectivity index (χ4n) is 4.95. The van der Waals surface area contributed by atoms with E-state index in [4.69, 9.17) is 15.4 Å². The molecule has 0 saturated carbocycles. The molecule has 0 spiro atoms. The van der Waals surface area contributed by atoms with Crippen molar-refractivity contribution in [2.24, 2.45) is 5.92 Å². The number of aliphatic hydroxyl groups excluding tert-OH is 1. The maximum atomic E-state index is 12.6. The van der Waals surface area contributed by atoms with Gasteiger partial charge in [-0.3, -0.25) is 9.69 Å². The Balaban J connectivity index is 1.35. The molecule has 3 aromatic rings. The molecule has 0 unspecified atom stereocenters. The summed E-state index contributed by atoms with van der Waals surface area (Å²) in [5.41, 5.74) is 2.11. The number of piperazine rings is 1. The summed E-state index contributed by atoms with van der Waals surface area (Å²) in [6.07, 6.45) is 3.96. The maximum absolute atomic E-state index is 12.6. The second kappa shape index (κ2) is 10.9. The SMILES string of the molecule is N#CCC1CCN(c2nc(Nc3ccc(N4CCN(CCO)CC4)cc3)c3c(=O)[nH]ncc3n2)CC1. The normalized spacial score (nSPS) is 17.3. The largest absolute Gasteiger partial charge is 0.395 e. The average Bonchev–Trinajstić information content (AvgIpc) is 2.90. The van der Waals surface area contributed by atoms with Crippen LogP contribution in [0.5, 0.6) is 0 Å². The van der Waals surface area contributed by atoms with Crippen molar-refractivity contribution in [3.8, 4) is 6.07 Å². The van der Waals surface area contributed by atoms with Gasteiger partial charge in [0.25, 0.3) is 5.56 Å². The van der Waals surface area contributed by atoms with Crippen LogP contribution in [0.3, 0.4) is 0 Å². The van der Waals surface area contributed by atoms with E-state index in [2.05, 4.69) is 53.4 Å². The summed E-state index contributed by atoms with van der Waals surface area (Å²) in [7, 11) is 0. The number of hydrogen-bond donors (Lipinski definition) is 3. The van der Waals surface area contributed by atoms with Crippen LogP contribution in [0.4, 0.5) is 23.1 Å². The van der Waals surface area contributed by atoms with Crippen molar-refractivity contribution in [1.29, 1.82) is 5.26 Å². The number of aromatic amines is 1. The Kier molecular flexibility index (Phi) is 7.25. The van der Waals surface area contributed by atoms with Crippen LogP contribution in [0, 0.1) is 17.2 Å². The number of aromatic nitrogens is 4. The lowest BCUT2D eigenvalue weighted by Crippen LogP contribution is -2.47. The van der Waals surface area contributed by atoms with E-state index in [0.29, 0.717) is 35.0 Å². The standard InChI is InChI=1S/C25H31N9O2/c26-8-5-18-6-9-34(10-7-18)25-29-21-17-27-31-24(36)22(21)23(30-25)28-19-1-3-20(4-2-19)33-13-11-32(12-14-33)15-16-35/h1-4,17-18,35H,5-7,9-16H2,(H,31,36)(H,28,29,30). The molecule has 11 heteroatoms. The minimum Gasteiger partial charge on any atom is -0.395 e. The van der Waals surface area contributed by atoms with Crippen molar-refractivity contribution in [3.63, 3.8) is 0 Å². The quantitative estimate of drug-likeness (QED) is 0.450. The molecular weight excluding hydrogens is 458 g/mol. The Bertz CT molecular complexity index is 1270. The highest BCUT2D eigenvalue weighted by molar-refractivity contribution is 5.90. The molecule has 1 aromatic carbocycles. The fraction of sp³-hybridized carbons (Fsp3) is 0.480. The Morgan fingerprint density at radius 3 is 2.50 bits per heavy atom. The molecule has 3 N–H and O–H groups in total. The molecule has 5 rings (SSSR count). The number of nitriles is 1. The van der Waals surface area contributed by atoms with Gasteiger partial charge in [0.05, 0.1) is 18.9 Å². The zero-order chi connectivity index (χ0) is 24.9. The van der Waals surface area contributed by atoms with Gasteiger partial charge in [0, 0.05) is 63.6 Å². The summed E-state index contributed by atoms with van der Waals surface area (Å²) < 4.78 is 0. The Morgan fingerprint density at radius 2 is 1.81 bits per heavy atom. The van der Waals surface area contributed by atoms with Crippen molar-refractivity contribution in [3.05, 3.63) is 40.8 Å². The van der Waals surface area contributed by atoms with E-state index in [0.717, 1.165) is 70.0 Å². The molecule has 0 amide bonds. The molecule has 2 aromatic heterocycles. The number of rotatable bonds is 7. The van der Waals surface area contributed by atoms with Crippen molar-refractivity contribution in [2.45, 2.75) is 19.3 Å². The zero-order valence-corrected chi connectivity index (χ0v) is 20.2. The van der Waals surface area contributed by atoms with Gasteiger partial charge in [-0.25, -0.2) is 10.1 Å². The molecule has 2 aliphatic heterocycles. The van der Waals surface area contributed by atoms with Crippen LogP contribution in [0.15, 0.2) is 35.3 Å². The van der Waals surface area contributed by atoms with Crippen molar-refractivity contribution < 1.29 is 5.11 Å². The Morgan fingerprint density at radius 1 is 1.06 bits per heavy atom. The first-order valence-corrected chi connectivity index (χ1v) is 12.5. The van der Waals surface area contributed by atoms with Gasteiger partial charge >= 0.3 is 0 Å². The first-order chi connectivity index (χ1) is 17.6. The van der Waals surface area contributed by atoms with Gasteiger partial charge in [0.1, 0.15) is 16.7 Å². The molecule has 188 valence electrons. The lowest BCUT2D eigenvalue weighted by atomic mass is 9.94. The number of aliphatic hydroxyl groups is 1. The molecule has 0 atom stereocenters. The van der Waals surface area contributed by atoms with Crippen molar-refractivity contribution >= 4 is 34.0 Å². The van der Waals surface area contributed by atoms with Crippen LogP contribution < -0.4 is 20.7 Å². The number of fused-ring (bicyclic) bond motifs is 1.